The molecule has 1 saturated heterocycles. The summed E-state index contributed by atoms with van der Waals surface area (Å²) < 4.78 is 25.9. The topological polar surface area (TPSA) is 69.7 Å². The first kappa shape index (κ1) is 15.5. The Labute approximate surface area is 131 Å². The number of hydrogen-bond acceptors (Lipinski definition) is 4. The minimum Gasteiger partial charge on any atom is -0.336 e. The number of nitrogens with zero attached hydrogens (tertiary/aromatic N) is 2. The number of sulfonamides is 1. The zero-order chi connectivity index (χ0) is 15.7. The van der Waals surface area contributed by atoms with Crippen LogP contribution >= 0.6 is 0 Å². The van der Waals surface area contributed by atoms with E-state index in [0.29, 0.717) is 18.7 Å². The lowest BCUT2D eigenvalue weighted by Crippen LogP contribution is -2.49. The summed E-state index contributed by atoms with van der Waals surface area (Å²) in [4.78, 5) is 16.9. The zero-order valence-corrected chi connectivity index (χ0v) is 13.5. The third kappa shape index (κ3) is 3.16. The van der Waals surface area contributed by atoms with Gasteiger partial charge >= 0.3 is 0 Å². The van der Waals surface area contributed by atoms with Crippen LogP contribution in [0, 0.1) is 0 Å². The molecule has 7 heteroatoms. The Morgan fingerprint density at radius 2 is 1.86 bits per heavy atom. The van der Waals surface area contributed by atoms with Gasteiger partial charge in [0.2, 0.25) is 10.0 Å². The fraction of sp³-hybridized carbons (Fsp3) is 0.533. The van der Waals surface area contributed by atoms with Gasteiger partial charge in [-0.2, -0.15) is 0 Å². The summed E-state index contributed by atoms with van der Waals surface area (Å²) in [7, 11) is -2.16. The number of rotatable bonds is 4. The van der Waals surface area contributed by atoms with Gasteiger partial charge in [0.1, 0.15) is 0 Å². The van der Waals surface area contributed by atoms with Crippen molar-refractivity contribution < 1.29 is 13.2 Å². The van der Waals surface area contributed by atoms with Crippen molar-refractivity contribution in [1.29, 1.82) is 0 Å². The van der Waals surface area contributed by atoms with Gasteiger partial charge in [0.25, 0.3) is 5.91 Å². The maximum absolute atomic E-state index is 12.6. The van der Waals surface area contributed by atoms with Gasteiger partial charge in [-0.1, -0.05) is 6.07 Å². The van der Waals surface area contributed by atoms with Crippen LogP contribution in [0.1, 0.15) is 23.2 Å². The molecule has 1 aromatic carbocycles. The van der Waals surface area contributed by atoms with E-state index in [4.69, 9.17) is 0 Å². The van der Waals surface area contributed by atoms with Crippen LogP contribution in [0.4, 0.5) is 0 Å². The summed E-state index contributed by atoms with van der Waals surface area (Å²) in [5.41, 5.74) is 0.427. The lowest BCUT2D eigenvalue weighted by molar-refractivity contribution is 0.0627. The standard InChI is InChI=1S/C15H21N3O3S/c1-16-22(20,21)14-4-2-3-12(11-14)15(19)18-9-7-17(8-10-18)13-5-6-13/h2-4,11,13,16H,5-10H2,1H3. The second-order valence-electron chi connectivity index (χ2n) is 5.79. The summed E-state index contributed by atoms with van der Waals surface area (Å²) in [6, 6.07) is 6.94. The van der Waals surface area contributed by atoms with Crippen LogP contribution in [0.25, 0.3) is 0 Å². The molecule has 0 bridgehead atoms. The highest BCUT2D eigenvalue weighted by Gasteiger charge is 2.32. The Hall–Kier alpha value is -1.44. The number of carbonyl (C=O) groups is 1. The largest absolute Gasteiger partial charge is 0.336 e. The highest BCUT2D eigenvalue weighted by molar-refractivity contribution is 7.89. The van der Waals surface area contributed by atoms with Crippen molar-refractivity contribution in [3.8, 4) is 0 Å². The monoisotopic (exact) mass is 323 g/mol. The zero-order valence-electron chi connectivity index (χ0n) is 12.7. The summed E-state index contributed by atoms with van der Waals surface area (Å²) >= 11 is 0. The fourth-order valence-electron chi connectivity index (χ4n) is 2.83. The van der Waals surface area contributed by atoms with Gasteiger partial charge in [0.05, 0.1) is 4.90 Å². The third-order valence-electron chi connectivity index (χ3n) is 4.32. The lowest BCUT2D eigenvalue weighted by Gasteiger charge is -2.34. The maximum Gasteiger partial charge on any atom is 0.253 e. The SMILES string of the molecule is CNS(=O)(=O)c1cccc(C(=O)N2CCN(C3CC3)CC2)c1. The number of benzene rings is 1. The van der Waals surface area contributed by atoms with Gasteiger partial charge < -0.3 is 4.90 Å². The quantitative estimate of drug-likeness (QED) is 0.877. The second kappa shape index (κ2) is 5.98. The molecule has 120 valence electrons. The first-order chi connectivity index (χ1) is 10.5. The van der Waals surface area contributed by atoms with Crippen molar-refractivity contribution >= 4 is 15.9 Å². The molecule has 0 aromatic heterocycles. The molecule has 0 atom stereocenters. The molecule has 1 aromatic rings. The average molecular weight is 323 g/mol. The summed E-state index contributed by atoms with van der Waals surface area (Å²) in [5.74, 6) is -0.0939. The van der Waals surface area contributed by atoms with Crippen LogP contribution in [-0.2, 0) is 10.0 Å². The molecule has 3 rings (SSSR count). The molecule has 0 spiro atoms. The predicted octanol–water partition coefficient (Wildman–Crippen LogP) is 0.515. The molecule has 0 unspecified atom stereocenters. The first-order valence-corrected chi connectivity index (χ1v) is 9.06. The van der Waals surface area contributed by atoms with Crippen LogP contribution < -0.4 is 4.72 Å². The van der Waals surface area contributed by atoms with Crippen LogP contribution in [0.3, 0.4) is 0 Å². The van der Waals surface area contributed by atoms with Crippen LogP contribution in [0.15, 0.2) is 29.2 Å². The van der Waals surface area contributed by atoms with E-state index in [2.05, 4.69) is 9.62 Å². The molecule has 0 radical (unpaired) electrons. The molecule has 2 fully saturated rings. The van der Waals surface area contributed by atoms with Gasteiger partial charge in [0.15, 0.2) is 0 Å². The Bertz CT molecular complexity index is 662. The number of piperazine rings is 1. The minimum atomic E-state index is -3.53. The van der Waals surface area contributed by atoms with Crippen molar-refractivity contribution in [2.45, 2.75) is 23.8 Å². The van der Waals surface area contributed by atoms with Crippen LogP contribution in [0.5, 0.6) is 0 Å². The normalized spacial score (nSPS) is 20.1. The fourth-order valence-corrected chi connectivity index (χ4v) is 3.60. The van der Waals surface area contributed by atoms with E-state index in [1.807, 2.05) is 4.90 Å². The molecule has 1 amide bonds. The molecule has 1 aliphatic heterocycles. The van der Waals surface area contributed by atoms with Gasteiger partial charge in [-0.15, -0.1) is 0 Å². The van der Waals surface area contributed by atoms with Crippen molar-refractivity contribution in [2.24, 2.45) is 0 Å². The Kier molecular flexibility index (Phi) is 4.20. The molecule has 1 aliphatic carbocycles. The Balaban J connectivity index is 1.71. The molecule has 2 aliphatic rings. The van der Waals surface area contributed by atoms with E-state index in [0.717, 1.165) is 19.1 Å². The smallest absolute Gasteiger partial charge is 0.253 e. The van der Waals surface area contributed by atoms with Crippen LogP contribution in [0.2, 0.25) is 0 Å². The molecule has 1 saturated carbocycles. The van der Waals surface area contributed by atoms with Crippen molar-refractivity contribution in [1.82, 2.24) is 14.5 Å². The van der Waals surface area contributed by atoms with Crippen LogP contribution in [-0.4, -0.2) is 63.4 Å². The second-order valence-corrected chi connectivity index (χ2v) is 7.68. The predicted molar refractivity (Wildman–Crippen MR) is 83.2 cm³/mol. The molecule has 6 nitrogen and oxygen atoms in total. The van der Waals surface area contributed by atoms with E-state index < -0.39 is 10.0 Å². The number of carbonyl (C=O) groups excluding carboxylic acids is 1. The van der Waals surface area contributed by atoms with Crippen molar-refractivity contribution in [3.05, 3.63) is 29.8 Å². The Morgan fingerprint density at radius 1 is 1.18 bits per heavy atom. The van der Waals surface area contributed by atoms with Gasteiger partial charge in [-0.3, -0.25) is 9.69 Å². The minimum absolute atomic E-state index is 0.0939. The highest BCUT2D eigenvalue weighted by atomic mass is 32.2. The molecular formula is C15H21N3O3S. The molecular weight excluding hydrogens is 302 g/mol. The number of amides is 1. The van der Waals surface area contributed by atoms with E-state index in [-0.39, 0.29) is 10.8 Å². The summed E-state index contributed by atoms with van der Waals surface area (Å²) in [6.45, 7) is 3.23. The average Bonchev–Trinajstić information content (AvgIpc) is 3.39. The number of nitrogens with one attached hydrogen (secondary N) is 1. The lowest BCUT2D eigenvalue weighted by atomic mass is 10.2. The first-order valence-electron chi connectivity index (χ1n) is 7.58. The van der Waals surface area contributed by atoms with E-state index in [9.17, 15) is 13.2 Å². The maximum atomic E-state index is 12.6. The van der Waals surface area contributed by atoms with Crippen molar-refractivity contribution in [2.75, 3.05) is 33.2 Å². The molecule has 22 heavy (non-hydrogen) atoms. The van der Waals surface area contributed by atoms with Gasteiger partial charge in [0, 0.05) is 37.8 Å². The van der Waals surface area contributed by atoms with Crippen molar-refractivity contribution in [3.63, 3.8) is 0 Å². The third-order valence-corrected chi connectivity index (χ3v) is 5.74. The van der Waals surface area contributed by atoms with E-state index in [1.54, 1.807) is 12.1 Å². The summed E-state index contributed by atoms with van der Waals surface area (Å²) in [6.07, 6.45) is 2.55. The Morgan fingerprint density at radius 3 is 2.45 bits per heavy atom. The summed E-state index contributed by atoms with van der Waals surface area (Å²) in [5, 5.41) is 0. The molecule has 1 N–H and O–H groups in total. The van der Waals surface area contributed by atoms with E-state index >= 15 is 0 Å². The van der Waals surface area contributed by atoms with Gasteiger partial charge in [-0.25, -0.2) is 13.1 Å². The molecule has 1 heterocycles. The highest BCUT2D eigenvalue weighted by Crippen LogP contribution is 2.27. The van der Waals surface area contributed by atoms with E-state index in [1.165, 1.54) is 32.0 Å². The number of hydrogen-bond donors (Lipinski definition) is 1. The van der Waals surface area contributed by atoms with Gasteiger partial charge in [-0.05, 0) is 38.1 Å².